The molecule has 1 aromatic heterocycles. The van der Waals surface area contributed by atoms with Gasteiger partial charge in [0.25, 0.3) is 0 Å². The molecule has 0 unspecified atom stereocenters. The molecule has 0 aliphatic heterocycles. The number of rotatable bonds is 6. The van der Waals surface area contributed by atoms with Gasteiger partial charge in [0.2, 0.25) is 11.8 Å². The van der Waals surface area contributed by atoms with Crippen LogP contribution in [0.15, 0.2) is 18.3 Å². The summed E-state index contributed by atoms with van der Waals surface area (Å²) in [5, 5.41) is 6.00. The van der Waals surface area contributed by atoms with Crippen LogP contribution in [0.2, 0.25) is 5.02 Å². The van der Waals surface area contributed by atoms with Gasteiger partial charge >= 0.3 is 0 Å². The van der Waals surface area contributed by atoms with Crippen LogP contribution >= 0.6 is 11.6 Å². The summed E-state index contributed by atoms with van der Waals surface area (Å²) in [7, 11) is 1.72. The number of carbonyl (C=O) groups excluding carboxylic acids is 1. The lowest BCUT2D eigenvalue weighted by molar-refractivity contribution is -0.120. The molecular weight excluding hydrogens is 230 g/mol. The van der Waals surface area contributed by atoms with Crippen LogP contribution in [-0.2, 0) is 4.79 Å². The van der Waals surface area contributed by atoms with Gasteiger partial charge in [-0.3, -0.25) is 4.79 Å². The lowest BCUT2D eigenvalue weighted by atomic mass is 10.5. The molecule has 0 atom stereocenters. The quantitative estimate of drug-likeness (QED) is 0.712. The Kier molecular flexibility index (Phi) is 5.60. The van der Waals surface area contributed by atoms with Crippen LogP contribution in [0.5, 0.6) is 5.88 Å². The highest BCUT2D eigenvalue weighted by atomic mass is 35.5. The molecule has 88 valence electrons. The normalized spacial score (nSPS) is 9.88. The van der Waals surface area contributed by atoms with E-state index in [0.29, 0.717) is 30.6 Å². The molecule has 16 heavy (non-hydrogen) atoms. The van der Waals surface area contributed by atoms with Gasteiger partial charge in [-0.2, -0.15) is 0 Å². The van der Waals surface area contributed by atoms with Gasteiger partial charge in [-0.05, 0) is 13.1 Å². The van der Waals surface area contributed by atoms with E-state index in [2.05, 4.69) is 15.6 Å². The molecule has 1 amide bonds. The molecule has 5 nitrogen and oxygen atoms in total. The van der Waals surface area contributed by atoms with Crippen molar-refractivity contribution in [1.82, 2.24) is 15.6 Å². The van der Waals surface area contributed by atoms with Crippen LogP contribution in [-0.4, -0.2) is 37.6 Å². The van der Waals surface area contributed by atoms with E-state index in [0.717, 1.165) is 0 Å². The first-order valence-electron chi connectivity index (χ1n) is 4.88. The van der Waals surface area contributed by atoms with Gasteiger partial charge in [-0.15, -0.1) is 0 Å². The fourth-order valence-corrected chi connectivity index (χ4v) is 1.13. The number of halogens is 1. The van der Waals surface area contributed by atoms with Crippen molar-refractivity contribution in [3.63, 3.8) is 0 Å². The number of nitrogens with zero attached hydrogens (tertiary/aromatic N) is 1. The summed E-state index contributed by atoms with van der Waals surface area (Å²) in [5.41, 5.74) is 0. The fraction of sp³-hybridized carbons (Fsp3) is 0.400. The van der Waals surface area contributed by atoms with E-state index in [1.165, 1.54) is 6.20 Å². The van der Waals surface area contributed by atoms with Crippen LogP contribution in [0.25, 0.3) is 0 Å². The summed E-state index contributed by atoms with van der Waals surface area (Å²) in [5.74, 6) is 0.433. The molecule has 6 heteroatoms. The number of ether oxygens (including phenoxy) is 1. The molecule has 2 N–H and O–H groups in total. The summed E-state index contributed by atoms with van der Waals surface area (Å²) in [4.78, 5) is 15.0. The minimum absolute atomic E-state index is 0.0600. The molecule has 0 saturated carbocycles. The Bertz CT molecular complexity index is 329. The number of carbonyl (C=O) groups is 1. The van der Waals surface area contributed by atoms with Crippen molar-refractivity contribution in [2.24, 2.45) is 0 Å². The predicted octanol–water partition coefficient (Wildman–Crippen LogP) is 0.449. The van der Waals surface area contributed by atoms with Crippen molar-refractivity contribution in [3.05, 3.63) is 23.4 Å². The molecule has 0 spiro atoms. The third kappa shape index (κ3) is 4.95. The molecule has 0 aliphatic carbocycles. The summed E-state index contributed by atoms with van der Waals surface area (Å²) in [6.07, 6.45) is 1.51. The highest BCUT2D eigenvalue weighted by Gasteiger charge is 1.98. The van der Waals surface area contributed by atoms with Crippen molar-refractivity contribution >= 4 is 17.5 Å². The molecule has 0 aliphatic rings. The molecular formula is C10H14ClN3O2. The zero-order valence-electron chi connectivity index (χ0n) is 9.00. The second-order valence-corrected chi connectivity index (χ2v) is 3.48. The summed E-state index contributed by atoms with van der Waals surface area (Å²) >= 11 is 5.67. The van der Waals surface area contributed by atoms with Crippen molar-refractivity contribution in [2.75, 3.05) is 26.7 Å². The second kappa shape index (κ2) is 7.03. The van der Waals surface area contributed by atoms with Gasteiger partial charge in [0.15, 0.2) is 0 Å². The van der Waals surface area contributed by atoms with Crippen LogP contribution in [0.3, 0.4) is 0 Å². The number of nitrogens with one attached hydrogen (secondary N) is 2. The monoisotopic (exact) mass is 243 g/mol. The molecule has 0 aromatic carbocycles. The SMILES string of the molecule is CNCC(=O)NCCOc1ccc(Cl)cn1. The van der Waals surface area contributed by atoms with Crippen LogP contribution in [0.4, 0.5) is 0 Å². The van der Waals surface area contributed by atoms with E-state index in [4.69, 9.17) is 16.3 Å². The first-order valence-corrected chi connectivity index (χ1v) is 5.26. The third-order valence-electron chi connectivity index (χ3n) is 1.71. The summed E-state index contributed by atoms with van der Waals surface area (Å²) in [6.45, 7) is 1.13. The Hall–Kier alpha value is -1.33. The maximum absolute atomic E-state index is 11.0. The standard InChI is InChI=1S/C10H14ClN3O2/c1-12-7-9(15)13-4-5-16-10-3-2-8(11)6-14-10/h2-3,6,12H,4-5,7H2,1H3,(H,13,15). The predicted molar refractivity (Wildman–Crippen MR) is 61.7 cm³/mol. The Morgan fingerprint density at radius 1 is 1.56 bits per heavy atom. The van der Waals surface area contributed by atoms with Crippen molar-refractivity contribution in [3.8, 4) is 5.88 Å². The maximum atomic E-state index is 11.0. The Labute approximate surface area is 99.2 Å². The lowest BCUT2D eigenvalue weighted by Crippen LogP contribution is -2.34. The molecule has 1 rings (SSSR count). The largest absolute Gasteiger partial charge is 0.476 e. The van der Waals surface area contributed by atoms with Gasteiger partial charge in [-0.25, -0.2) is 4.98 Å². The number of pyridine rings is 1. The zero-order valence-corrected chi connectivity index (χ0v) is 9.75. The highest BCUT2D eigenvalue weighted by molar-refractivity contribution is 6.30. The van der Waals surface area contributed by atoms with E-state index in [1.54, 1.807) is 19.2 Å². The van der Waals surface area contributed by atoms with E-state index >= 15 is 0 Å². The number of likely N-dealkylation sites (N-methyl/N-ethyl adjacent to an activating group) is 1. The Morgan fingerprint density at radius 2 is 2.38 bits per heavy atom. The van der Waals surface area contributed by atoms with Crippen molar-refractivity contribution in [2.45, 2.75) is 0 Å². The van der Waals surface area contributed by atoms with E-state index in [9.17, 15) is 4.79 Å². The van der Waals surface area contributed by atoms with E-state index in [1.807, 2.05) is 0 Å². The number of amides is 1. The summed E-state index contributed by atoms with van der Waals surface area (Å²) in [6, 6.07) is 3.38. The molecule has 0 saturated heterocycles. The van der Waals surface area contributed by atoms with Crippen LogP contribution < -0.4 is 15.4 Å². The highest BCUT2D eigenvalue weighted by Crippen LogP contribution is 2.10. The van der Waals surface area contributed by atoms with Gasteiger partial charge < -0.3 is 15.4 Å². The van der Waals surface area contributed by atoms with Crippen molar-refractivity contribution < 1.29 is 9.53 Å². The minimum Gasteiger partial charge on any atom is -0.476 e. The van der Waals surface area contributed by atoms with Gasteiger partial charge in [0.05, 0.1) is 18.1 Å². The second-order valence-electron chi connectivity index (χ2n) is 3.04. The van der Waals surface area contributed by atoms with Crippen LogP contribution in [0.1, 0.15) is 0 Å². The fourth-order valence-electron chi connectivity index (χ4n) is 1.02. The smallest absolute Gasteiger partial charge is 0.234 e. The van der Waals surface area contributed by atoms with E-state index < -0.39 is 0 Å². The van der Waals surface area contributed by atoms with Crippen molar-refractivity contribution in [1.29, 1.82) is 0 Å². The number of hydrogen-bond donors (Lipinski definition) is 2. The third-order valence-corrected chi connectivity index (χ3v) is 1.94. The van der Waals surface area contributed by atoms with Crippen LogP contribution in [0, 0.1) is 0 Å². The minimum atomic E-state index is -0.0600. The first-order chi connectivity index (χ1) is 7.72. The maximum Gasteiger partial charge on any atom is 0.234 e. The van der Waals surface area contributed by atoms with E-state index in [-0.39, 0.29) is 5.91 Å². The molecule has 0 bridgehead atoms. The Balaban J connectivity index is 2.16. The first kappa shape index (κ1) is 12.7. The lowest BCUT2D eigenvalue weighted by Gasteiger charge is -2.06. The number of hydrogen-bond acceptors (Lipinski definition) is 4. The molecule has 0 fully saturated rings. The van der Waals surface area contributed by atoms with Gasteiger partial charge in [0.1, 0.15) is 6.61 Å². The molecule has 1 heterocycles. The summed E-state index contributed by atoms with van der Waals surface area (Å²) < 4.78 is 5.28. The molecule has 1 aromatic rings. The molecule has 0 radical (unpaired) electrons. The van der Waals surface area contributed by atoms with Gasteiger partial charge in [-0.1, -0.05) is 11.6 Å². The van der Waals surface area contributed by atoms with Gasteiger partial charge in [0, 0.05) is 12.3 Å². The number of aromatic nitrogens is 1. The average Bonchev–Trinajstić information content (AvgIpc) is 2.27. The zero-order chi connectivity index (χ0) is 11.8. The topological polar surface area (TPSA) is 63.2 Å². The average molecular weight is 244 g/mol. The Morgan fingerprint density at radius 3 is 3.00 bits per heavy atom.